The van der Waals surface area contributed by atoms with Gasteiger partial charge >= 0.3 is 0 Å². The van der Waals surface area contributed by atoms with Gasteiger partial charge in [0.1, 0.15) is 5.82 Å². The van der Waals surface area contributed by atoms with Crippen molar-refractivity contribution in [3.05, 3.63) is 47.1 Å². The number of Topliss-reactive ketones (excluding diaryl/α,β-unsaturated/α-hetero) is 1. The van der Waals surface area contributed by atoms with Gasteiger partial charge in [0.25, 0.3) is 0 Å². The summed E-state index contributed by atoms with van der Waals surface area (Å²) in [5.41, 5.74) is 0.569. The Labute approximate surface area is 146 Å². The normalized spacial score (nSPS) is 15.1. The lowest BCUT2D eigenvalue weighted by atomic mass is 10.1. The predicted octanol–water partition coefficient (Wildman–Crippen LogP) is 4.11. The molecule has 0 aliphatic heterocycles. The summed E-state index contributed by atoms with van der Waals surface area (Å²) >= 11 is 5.81. The lowest BCUT2D eigenvalue weighted by molar-refractivity contribution is -0.116. The van der Waals surface area contributed by atoms with Gasteiger partial charge in [-0.3, -0.25) is 9.59 Å². The number of nitrogens with one attached hydrogen (secondary N) is 1. The quantitative estimate of drug-likeness (QED) is 0.768. The van der Waals surface area contributed by atoms with Gasteiger partial charge in [-0.05, 0) is 49.9 Å². The van der Waals surface area contributed by atoms with Crippen molar-refractivity contribution in [1.29, 1.82) is 0 Å². The number of anilines is 1. The van der Waals surface area contributed by atoms with E-state index < -0.39 is 0 Å². The van der Waals surface area contributed by atoms with Crippen LogP contribution >= 0.6 is 11.6 Å². The average molecular weight is 346 g/mol. The minimum atomic E-state index is -0.179. The third-order valence-electron chi connectivity index (χ3n) is 4.37. The third kappa shape index (κ3) is 4.03. The van der Waals surface area contributed by atoms with Gasteiger partial charge in [-0.25, -0.2) is 4.68 Å². The molecule has 5 nitrogen and oxygen atoms in total. The Morgan fingerprint density at radius 3 is 2.62 bits per heavy atom. The molecule has 0 spiro atoms. The molecule has 126 valence electrons. The lowest BCUT2D eigenvalue weighted by Crippen LogP contribution is -2.19. The van der Waals surface area contributed by atoms with Crippen molar-refractivity contribution < 1.29 is 9.59 Å². The van der Waals surface area contributed by atoms with E-state index in [4.69, 9.17) is 11.6 Å². The van der Waals surface area contributed by atoms with Crippen molar-refractivity contribution in [2.75, 3.05) is 5.32 Å². The van der Waals surface area contributed by atoms with E-state index in [0.29, 0.717) is 22.3 Å². The molecule has 1 aromatic heterocycles. The smallest absolute Gasteiger partial charge is 0.225 e. The number of carbonyl (C=O) groups excluding carboxylic acids is 2. The van der Waals surface area contributed by atoms with E-state index in [-0.39, 0.29) is 30.6 Å². The van der Waals surface area contributed by atoms with Crippen LogP contribution in [0.1, 0.15) is 49.0 Å². The summed E-state index contributed by atoms with van der Waals surface area (Å²) in [5, 5.41) is 7.75. The largest absolute Gasteiger partial charge is 0.311 e. The molecule has 1 atom stereocenters. The molecule has 1 saturated carbocycles. The Bertz CT molecular complexity index is 735. The molecule has 1 fully saturated rings. The molecule has 1 unspecified atom stereocenters. The maximum absolute atomic E-state index is 12.1. The van der Waals surface area contributed by atoms with Crippen LogP contribution in [-0.2, 0) is 4.79 Å². The van der Waals surface area contributed by atoms with Gasteiger partial charge in [-0.15, -0.1) is 0 Å². The first kappa shape index (κ1) is 16.7. The third-order valence-corrected chi connectivity index (χ3v) is 4.63. The number of carbonyl (C=O) groups is 2. The zero-order chi connectivity index (χ0) is 17.1. The van der Waals surface area contributed by atoms with E-state index in [2.05, 4.69) is 17.3 Å². The van der Waals surface area contributed by atoms with Crippen molar-refractivity contribution in [2.24, 2.45) is 5.92 Å². The van der Waals surface area contributed by atoms with E-state index in [0.717, 1.165) is 0 Å². The van der Waals surface area contributed by atoms with Crippen LogP contribution in [0.4, 0.5) is 5.82 Å². The van der Waals surface area contributed by atoms with Gasteiger partial charge in [0.15, 0.2) is 5.78 Å². The zero-order valence-electron chi connectivity index (χ0n) is 13.5. The summed E-state index contributed by atoms with van der Waals surface area (Å²) in [5.74, 6) is 1.09. The highest BCUT2D eigenvalue weighted by molar-refractivity contribution is 6.30. The Kier molecular flexibility index (Phi) is 5.00. The van der Waals surface area contributed by atoms with Gasteiger partial charge in [-0.1, -0.05) is 11.6 Å². The van der Waals surface area contributed by atoms with Crippen LogP contribution in [0.5, 0.6) is 0 Å². The highest BCUT2D eigenvalue weighted by Gasteiger charge is 2.30. The summed E-state index contributed by atoms with van der Waals surface area (Å²) in [6.45, 7) is 2.12. The molecule has 1 aliphatic carbocycles. The van der Waals surface area contributed by atoms with Crippen molar-refractivity contribution in [3.8, 4) is 0 Å². The Balaban J connectivity index is 1.53. The van der Waals surface area contributed by atoms with Gasteiger partial charge in [0.2, 0.25) is 5.91 Å². The summed E-state index contributed by atoms with van der Waals surface area (Å²) < 4.78 is 1.86. The van der Waals surface area contributed by atoms with Crippen molar-refractivity contribution >= 4 is 29.1 Å². The molecule has 0 saturated heterocycles. The van der Waals surface area contributed by atoms with Crippen LogP contribution in [0.15, 0.2) is 36.5 Å². The summed E-state index contributed by atoms with van der Waals surface area (Å²) in [4.78, 5) is 24.2. The average Bonchev–Trinajstić information content (AvgIpc) is 3.32. The van der Waals surface area contributed by atoms with Gasteiger partial charge in [0.05, 0.1) is 12.2 Å². The summed E-state index contributed by atoms with van der Waals surface area (Å²) in [6, 6.07) is 8.77. The molecule has 0 bridgehead atoms. The minimum absolute atomic E-state index is 0.0679. The second-order valence-electron chi connectivity index (χ2n) is 6.22. The maximum Gasteiger partial charge on any atom is 0.225 e. The highest BCUT2D eigenvalue weighted by Crippen LogP contribution is 2.40. The fourth-order valence-corrected chi connectivity index (χ4v) is 2.85. The molecule has 1 heterocycles. The Morgan fingerprint density at radius 1 is 1.25 bits per heavy atom. The van der Waals surface area contributed by atoms with Crippen LogP contribution in [0.3, 0.4) is 0 Å². The van der Waals surface area contributed by atoms with Crippen LogP contribution in [0.2, 0.25) is 5.02 Å². The van der Waals surface area contributed by atoms with Crippen LogP contribution in [0.25, 0.3) is 0 Å². The molecule has 6 heteroatoms. The lowest BCUT2D eigenvalue weighted by Gasteiger charge is -2.15. The molecular formula is C18H20ClN3O2. The highest BCUT2D eigenvalue weighted by atomic mass is 35.5. The van der Waals surface area contributed by atoms with Gasteiger partial charge in [0, 0.05) is 29.5 Å². The van der Waals surface area contributed by atoms with Crippen LogP contribution in [0, 0.1) is 5.92 Å². The first-order valence-electron chi connectivity index (χ1n) is 8.16. The molecule has 2 aromatic rings. The number of ketones is 1. The SMILES string of the molecule is CC(C1CC1)n1nccc1NC(=O)CCC(=O)c1ccc(Cl)cc1. The maximum atomic E-state index is 12.1. The molecule has 1 N–H and O–H groups in total. The number of amides is 1. The zero-order valence-corrected chi connectivity index (χ0v) is 14.3. The molecule has 1 aliphatic rings. The number of aromatic nitrogens is 2. The van der Waals surface area contributed by atoms with E-state index in [1.165, 1.54) is 12.8 Å². The van der Waals surface area contributed by atoms with E-state index >= 15 is 0 Å². The number of benzene rings is 1. The first-order valence-corrected chi connectivity index (χ1v) is 8.54. The molecule has 0 radical (unpaired) electrons. The summed E-state index contributed by atoms with van der Waals surface area (Å²) in [7, 11) is 0. The van der Waals surface area contributed by atoms with Crippen molar-refractivity contribution in [2.45, 2.75) is 38.6 Å². The molecular weight excluding hydrogens is 326 g/mol. The first-order chi connectivity index (χ1) is 11.5. The van der Waals surface area contributed by atoms with Crippen molar-refractivity contribution in [3.63, 3.8) is 0 Å². The predicted molar refractivity (Wildman–Crippen MR) is 93.3 cm³/mol. The number of hydrogen-bond donors (Lipinski definition) is 1. The van der Waals surface area contributed by atoms with E-state index in [1.54, 1.807) is 36.5 Å². The fraction of sp³-hybridized carbons (Fsp3) is 0.389. The Morgan fingerprint density at radius 2 is 1.96 bits per heavy atom. The number of halogens is 1. The Hall–Kier alpha value is -2.14. The second kappa shape index (κ2) is 7.18. The monoisotopic (exact) mass is 345 g/mol. The molecule has 3 rings (SSSR count). The fourth-order valence-electron chi connectivity index (χ4n) is 2.73. The standard InChI is InChI=1S/C18H20ClN3O2/c1-12(13-2-3-13)22-17(10-11-20-22)21-18(24)9-8-16(23)14-4-6-15(19)7-5-14/h4-7,10-13H,2-3,8-9H2,1H3,(H,21,24). The number of rotatable bonds is 7. The van der Waals surface area contributed by atoms with Crippen molar-refractivity contribution in [1.82, 2.24) is 9.78 Å². The molecule has 24 heavy (non-hydrogen) atoms. The topological polar surface area (TPSA) is 64.0 Å². The van der Waals surface area contributed by atoms with E-state index in [9.17, 15) is 9.59 Å². The number of hydrogen-bond acceptors (Lipinski definition) is 3. The molecule has 1 amide bonds. The summed E-state index contributed by atoms with van der Waals surface area (Å²) in [6.07, 6.45) is 4.42. The van der Waals surface area contributed by atoms with Crippen LogP contribution in [-0.4, -0.2) is 21.5 Å². The van der Waals surface area contributed by atoms with Gasteiger partial charge in [-0.2, -0.15) is 5.10 Å². The van der Waals surface area contributed by atoms with E-state index in [1.807, 2.05) is 4.68 Å². The number of nitrogens with zero attached hydrogens (tertiary/aromatic N) is 2. The minimum Gasteiger partial charge on any atom is -0.311 e. The molecule has 1 aromatic carbocycles. The second-order valence-corrected chi connectivity index (χ2v) is 6.65. The van der Waals surface area contributed by atoms with Gasteiger partial charge < -0.3 is 5.32 Å². The van der Waals surface area contributed by atoms with Crippen LogP contribution < -0.4 is 5.32 Å².